The van der Waals surface area contributed by atoms with E-state index in [1.807, 2.05) is 25.7 Å². The number of amides is 1. The molecule has 4 nitrogen and oxygen atoms in total. The molecule has 3 atom stereocenters. The highest BCUT2D eigenvalue weighted by Crippen LogP contribution is 2.62. The fourth-order valence-electron chi connectivity index (χ4n) is 3.00. The number of hydrogen-bond donors (Lipinski definition) is 0. The van der Waals surface area contributed by atoms with Crippen molar-refractivity contribution in [2.24, 2.45) is 17.3 Å². The average Bonchev–Trinajstić information content (AvgIpc) is 2.54. The van der Waals surface area contributed by atoms with E-state index < -0.39 is 5.60 Å². The summed E-state index contributed by atoms with van der Waals surface area (Å²) >= 11 is 0. The van der Waals surface area contributed by atoms with Gasteiger partial charge in [0.2, 0.25) is 0 Å². The topological polar surface area (TPSA) is 38.8 Å². The van der Waals surface area contributed by atoms with Crippen LogP contribution in [0.3, 0.4) is 0 Å². The number of carbonyl (C=O) groups is 1. The van der Waals surface area contributed by atoms with Gasteiger partial charge in [-0.2, -0.15) is 0 Å². The SMILES string of the molecule is COC[C@@H]1[C@H]2CN(C(=O)OC(C)(C)C)C[C@@]12C. The van der Waals surface area contributed by atoms with Crippen LogP contribution in [0.4, 0.5) is 4.79 Å². The van der Waals surface area contributed by atoms with Gasteiger partial charge >= 0.3 is 6.09 Å². The van der Waals surface area contributed by atoms with Crippen LogP contribution in [0, 0.1) is 17.3 Å². The van der Waals surface area contributed by atoms with Gasteiger partial charge in [-0.05, 0) is 38.0 Å². The summed E-state index contributed by atoms with van der Waals surface area (Å²) < 4.78 is 10.6. The summed E-state index contributed by atoms with van der Waals surface area (Å²) in [6.07, 6.45) is -0.179. The molecule has 0 radical (unpaired) electrons. The van der Waals surface area contributed by atoms with E-state index in [1.165, 1.54) is 0 Å². The van der Waals surface area contributed by atoms with E-state index >= 15 is 0 Å². The number of rotatable bonds is 2. The first-order valence-corrected chi connectivity index (χ1v) is 6.25. The van der Waals surface area contributed by atoms with E-state index in [-0.39, 0.29) is 11.5 Å². The van der Waals surface area contributed by atoms with Crippen molar-refractivity contribution in [3.8, 4) is 0 Å². The normalized spacial score (nSPS) is 35.7. The number of methoxy groups -OCH3 is 1. The maximum absolute atomic E-state index is 11.9. The van der Waals surface area contributed by atoms with Gasteiger partial charge in [0.05, 0.1) is 0 Å². The molecule has 1 amide bonds. The highest BCUT2D eigenvalue weighted by atomic mass is 16.6. The van der Waals surface area contributed by atoms with Gasteiger partial charge in [-0.1, -0.05) is 6.92 Å². The van der Waals surface area contributed by atoms with E-state index in [4.69, 9.17) is 9.47 Å². The second-order valence-corrected chi connectivity index (χ2v) is 6.54. The van der Waals surface area contributed by atoms with Crippen LogP contribution < -0.4 is 0 Å². The second-order valence-electron chi connectivity index (χ2n) is 6.54. The molecule has 0 aromatic rings. The minimum atomic E-state index is -0.406. The van der Waals surface area contributed by atoms with E-state index in [2.05, 4.69) is 6.92 Å². The van der Waals surface area contributed by atoms with Gasteiger partial charge < -0.3 is 14.4 Å². The third kappa shape index (κ3) is 2.28. The maximum Gasteiger partial charge on any atom is 0.410 e. The van der Waals surface area contributed by atoms with Crippen molar-refractivity contribution in [3.63, 3.8) is 0 Å². The van der Waals surface area contributed by atoms with E-state index in [9.17, 15) is 4.79 Å². The van der Waals surface area contributed by atoms with Crippen molar-refractivity contribution in [2.45, 2.75) is 33.3 Å². The Balaban J connectivity index is 1.88. The van der Waals surface area contributed by atoms with E-state index in [1.54, 1.807) is 7.11 Å². The van der Waals surface area contributed by atoms with Gasteiger partial charge in [0.1, 0.15) is 5.60 Å². The smallest absolute Gasteiger partial charge is 0.410 e. The molecule has 2 fully saturated rings. The molecule has 0 aromatic carbocycles. The Hall–Kier alpha value is -0.770. The minimum absolute atomic E-state index is 0.179. The lowest BCUT2D eigenvalue weighted by Crippen LogP contribution is -2.38. The fourth-order valence-corrected chi connectivity index (χ4v) is 3.00. The van der Waals surface area contributed by atoms with E-state index in [0.717, 1.165) is 19.7 Å². The Labute approximate surface area is 103 Å². The van der Waals surface area contributed by atoms with Crippen LogP contribution in [-0.2, 0) is 9.47 Å². The first-order valence-electron chi connectivity index (χ1n) is 6.25. The Kier molecular flexibility index (Phi) is 2.89. The molecule has 2 aliphatic rings. The molecule has 2 rings (SSSR count). The Morgan fingerprint density at radius 1 is 1.47 bits per heavy atom. The van der Waals surface area contributed by atoms with Crippen molar-refractivity contribution in [1.29, 1.82) is 0 Å². The van der Waals surface area contributed by atoms with Crippen LogP contribution in [0.5, 0.6) is 0 Å². The lowest BCUT2D eigenvalue weighted by atomic mass is 10.1. The van der Waals surface area contributed by atoms with Crippen molar-refractivity contribution in [2.75, 3.05) is 26.8 Å². The zero-order valence-electron chi connectivity index (χ0n) is 11.4. The highest BCUT2D eigenvalue weighted by molar-refractivity contribution is 5.69. The van der Waals surface area contributed by atoms with Gasteiger partial charge in [0, 0.05) is 26.8 Å². The molecule has 17 heavy (non-hydrogen) atoms. The average molecular weight is 241 g/mol. The number of hydrogen-bond acceptors (Lipinski definition) is 3. The quantitative estimate of drug-likeness (QED) is 0.743. The number of carbonyl (C=O) groups excluding carboxylic acids is 1. The lowest BCUT2D eigenvalue weighted by molar-refractivity contribution is 0.0239. The zero-order chi connectivity index (χ0) is 12.8. The standard InChI is InChI=1S/C13H23NO3/c1-12(2,3)17-11(15)14-6-9-10(7-16-5)13(9,4)8-14/h9-10H,6-8H2,1-5H3/t9-,10-,13-/m1/s1. The fraction of sp³-hybridized carbons (Fsp3) is 0.923. The van der Waals surface area contributed by atoms with Crippen LogP contribution in [0.15, 0.2) is 0 Å². The molecule has 0 N–H and O–H groups in total. The molecule has 1 aliphatic heterocycles. The number of piperidine rings is 1. The summed E-state index contributed by atoms with van der Waals surface area (Å²) in [5, 5.41) is 0. The molecular formula is C13H23NO3. The molecule has 98 valence electrons. The van der Waals surface area contributed by atoms with Crippen molar-refractivity contribution < 1.29 is 14.3 Å². The molecule has 0 spiro atoms. The third-order valence-electron chi connectivity index (χ3n) is 4.02. The van der Waals surface area contributed by atoms with Crippen LogP contribution in [-0.4, -0.2) is 43.4 Å². The van der Waals surface area contributed by atoms with Gasteiger partial charge in [-0.25, -0.2) is 4.79 Å². The summed E-state index contributed by atoms with van der Waals surface area (Å²) in [7, 11) is 1.74. The summed E-state index contributed by atoms with van der Waals surface area (Å²) in [5.41, 5.74) is -0.149. The monoisotopic (exact) mass is 241 g/mol. The van der Waals surface area contributed by atoms with Crippen LogP contribution in [0.2, 0.25) is 0 Å². The van der Waals surface area contributed by atoms with Crippen LogP contribution >= 0.6 is 0 Å². The molecule has 1 aliphatic carbocycles. The third-order valence-corrected chi connectivity index (χ3v) is 4.02. The molecule has 1 saturated heterocycles. The Bertz CT molecular complexity index is 323. The maximum atomic E-state index is 11.9. The predicted molar refractivity (Wildman–Crippen MR) is 64.8 cm³/mol. The highest BCUT2D eigenvalue weighted by Gasteiger charge is 2.66. The Morgan fingerprint density at radius 2 is 2.12 bits per heavy atom. The van der Waals surface area contributed by atoms with Crippen molar-refractivity contribution in [1.82, 2.24) is 4.90 Å². The number of ether oxygens (including phenoxy) is 2. The van der Waals surface area contributed by atoms with Crippen LogP contribution in [0.25, 0.3) is 0 Å². The van der Waals surface area contributed by atoms with E-state index in [0.29, 0.717) is 11.8 Å². The predicted octanol–water partition coefficient (Wildman–Crippen LogP) is 2.14. The molecule has 0 aromatic heterocycles. The van der Waals surface area contributed by atoms with Crippen LogP contribution in [0.1, 0.15) is 27.7 Å². The molecule has 0 unspecified atom stereocenters. The van der Waals surface area contributed by atoms with Crippen molar-refractivity contribution >= 4 is 6.09 Å². The van der Waals surface area contributed by atoms with Gasteiger partial charge in [0.25, 0.3) is 0 Å². The largest absolute Gasteiger partial charge is 0.444 e. The molecule has 1 saturated carbocycles. The van der Waals surface area contributed by atoms with Crippen molar-refractivity contribution in [3.05, 3.63) is 0 Å². The lowest BCUT2D eigenvalue weighted by Gasteiger charge is -2.26. The molecule has 1 heterocycles. The first kappa shape index (κ1) is 12.7. The second kappa shape index (κ2) is 3.87. The minimum Gasteiger partial charge on any atom is -0.444 e. The summed E-state index contributed by atoms with van der Waals surface area (Å²) in [5.74, 6) is 1.21. The number of nitrogens with zero attached hydrogens (tertiary/aromatic N) is 1. The molecule has 0 bridgehead atoms. The van der Waals surface area contributed by atoms with Gasteiger partial charge in [-0.15, -0.1) is 0 Å². The first-order chi connectivity index (χ1) is 7.78. The number of likely N-dealkylation sites (tertiary alicyclic amines) is 1. The summed E-state index contributed by atoms with van der Waals surface area (Å²) in [6.45, 7) is 10.4. The number of fused-ring (bicyclic) bond motifs is 1. The zero-order valence-corrected chi connectivity index (χ0v) is 11.4. The Morgan fingerprint density at radius 3 is 2.53 bits per heavy atom. The molecule has 4 heteroatoms. The van der Waals surface area contributed by atoms with Gasteiger partial charge in [0.15, 0.2) is 0 Å². The summed E-state index contributed by atoms with van der Waals surface area (Å²) in [6, 6.07) is 0. The van der Waals surface area contributed by atoms with Gasteiger partial charge in [-0.3, -0.25) is 0 Å². The summed E-state index contributed by atoms with van der Waals surface area (Å²) in [4.78, 5) is 13.7. The molecular weight excluding hydrogens is 218 g/mol.